The third-order valence-electron chi connectivity index (χ3n) is 4.09. The summed E-state index contributed by atoms with van der Waals surface area (Å²) in [5, 5.41) is 1.46. The number of rotatable bonds is 6. The minimum Gasteiger partial charge on any atom is -0.354 e. The molecule has 0 N–H and O–H groups in total. The van der Waals surface area contributed by atoms with Crippen molar-refractivity contribution in [2.75, 3.05) is 11.4 Å². The van der Waals surface area contributed by atoms with Crippen LogP contribution >= 0.6 is 22.9 Å². The Morgan fingerprint density at radius 3 is 2.72 bits per heavy atom. The van der Waals surface area contributed by atoms with Crippen molar-refractivity contribution in [1.82, 2.24) is 9.55 Å². The number of hydrogen-bond donors (Lipinski definition) is 0. The second kappa shape index (κ2) is 7.58. The number of hydrogen-bond acceptors (Lipinski definition) is 3. The molecular weight excluding hydrogens is 354 g/mol. The van der Waals surface area contributed by atoms with Crippen LogP contribution in [0.15, 0.2) is 36.7 Å². The highest BCUT2D eigenvalue weighted by atomic mass is 35.5. The smallest absolute Gasteiger partial charge is 0.231 e. The van der Waals surface area contributed by atoms with Crippen molar-refractivity contribution in [1.29, 1.82) is 0 Å². The zero-order valence-electron chi connectivity index (χ0n) is 14.7. The Morgan fingerprint density at radius 1 is 1.32 bits per heavy atom. The number of benzene rings is 1. The lowest BCUT2D eigenvalue weighted by Gasteiger charge is -2.22. The number of thiazole rings is 1. The quantitative estimate of drug-likeness (QED) is 0.598. The molecule has 0 atom stereocenters. The monoisotopic (exact) mass is 375 g/mol. The average Bonchev–Trinajstić information content (AvgIpc) is 3.20. The zero-order chi connectivity index (χ0) is 18.0. The van der Waals surface area contributed by atoms with E-state index in [1.54, 1.807) is 0 Å². The van der Waals surface area contributed by atoms with Crippen LogP contribution in [0.3, 0.4) is 0 Å². The fourth-order valence-corrected chi connectivity index (χ4v) is 4.25. The fraction of sp³-hybridized carbons (Fsp3) is 0.368. The minimum absolute atomic E-state index is 0.0664. The molecule has 0 saturated carbocycles. The first-order valence-electron chi connectivity index (χ1n) is 8.44. The van der Waals surface area contributed by atoms with E-state index in [0.29, 0.717) is 11.6 Å². The van der Waals surface area contributed by atoms with Crippen LogP contribution in [0.25, 0.3) is 10.2 Å². The Morgan fingerprint density at radius 2 is 2.04 bits per heavy atom. The summed E-state index contributed by atoms with van der Waals surface area (Å²) in [7, 11) is 0. The standard InChI is InChI=1S/C19H22ClN3OS/c1-13(2)18(24)23(10-6-9-22-7-4-5-8-22)19-21-17-14(3)11-15(20)12-16(17)25-19/h4-5,7-8,11-13H,6,9-10H2,1-3H3. The predicted octanol–water partition coefficient (Wildman–Crippen LogP) is 5.14. The van der Waals surface area contributed by atoms with Gasteiger partial charge in [-0.05, 0) is 43.2 Å². The molecule has 1 amide bonds. The molecule has 0 unspecified atom stereocenters. The topological polar surface area (TPSA) is 38.1 Å². The van der Waals surface area contributed by atoms with Gasteiger partial charge < -0.3 is 4.57 Å². The molecule has 0 spiro atoms. The highest BCUT2D eigenvalue weighted by Crippen LogP contribution is 2.33. The van der Waals surface area contributed by atoms with Crippen LogP contribution < -0.4 is 4.90 Å². The Balaban J connectivity index is 1.85. The molecule has 2 aromatic heterocycles. The molecule has 6 heteroatoms. The lowest BCUT2D eigenvalue weighted by molar-refractivity contribution is -0.121. The number of anilines is 1. The number of halogens is 1. The van der Waals surface area contributed by atoms with E-state index in [1.165, 1.54) is 11.3 Å². The Hall–Kier alpha value is -1.85. The third-order valence-corrected chi connectivity index (χ3v) is 5.34. The van der Waals surface area contributed by atoms with Gasteiger partial charge in [-0.3, -0.25) is 9.69 Å². The fourth-order valence-electron chi connectivity index (χ4n) is 2.80. The van der Waals surface area contributed by atoms with E-state index < -0.39 is 0 Å². The van der Waals surface area contributed by atoms with Crippen molar-refractivity contribution in [3.8, 4) is 0 Å². The Labute approximate surface area is 157 Å². The van der Waals surface area contributed by atoms with Crippen molar-refractivity contribution < 1.29 is 4.79 Å². The Kier molecular flexibility index (Phi) is 5.45. The van der Waals surface area contributed by atoms with Crippen molar-refractivity contribution in [3.63, 3.8) is 0 Å². The summed E-state index contributed by atoms with van der Waals surface area (Å²) in [4.78, 5) is 19.3. The number of nitrogens with zero attached hydrogens (tertiary/aromatic N) is 3. The van der Waals surface area contributed by atoms with Crippen molar-refractivity contribution in [2.45, 2.75) is 33.7 Å². The highest BCUT2D eigenvalue weighted by Gasteiger charge is 2.22. The SMILES string of the molecule is Cc1cc(Cl)cc2sc(N(CCCn3cccc3)C(=O)C(C)C)nc12. The molecule has 3 aromatic rings. The van der Waals surface area contributed by atoms with Gasteiger partial charge in [0.2, 0.25) is 5.91 Å². The van der Waals surface area contributed by atoms with Crippen LogP contribution in [0.1, 0.15) is 25.8 Å². The second-order valence-electron chi connectivity index (χ2n) is 6.48. The lowest BCUT2D eigenvalue weighted by atomic mass is 10.2. The molecule has 2 heterocycles. The van der Waals surface area contributed by atoms with Crippen LogP contribution in [0.4, 0.5) is 5.13 Å². The van der Waals surface area contributed by atoms with E-state index in [9.17, 15) is 4.79 Å². The van der Waals surface area contributed by atoms with Gasteiger partial charge in [0.25, 0.3) is 0 Å². The summed E-state index contributed by atoms with van der Waals surface area (Å²) in [6.07, 6.45) is 4.96. The van der Waals surface area contributed by atoms with Gasteiger partial charge >= 0.3 is 0 Å². The van der Waals surface area contributed by atoms with E-state index in [2.05, 4.69) is 4.57 Å². The molecule has 0 aliphatic carbocycles. The van der Waals surface area contributed by atoms with E-state index >= 15 is 0 Å². The zero-order valence-corrected chi connectivity index (χ0v) is 16.3. The maximum Gasteiger partial charge on any atom is 0.231 e. The maximum absolute atomic E-state index is 12.7. The van der Waals surface area contributed by atoms with Crippen LogP contribution in [0.5, 0.6) is 0 Å². The summed E-state index contributed by atoms with van der Waals surface area (Å²) in [5.74, 6) is 0.0404. The van der Waals surface area contributed by atoms with Crippen LogP contribution in [0.2, 0.25) is 5.02 Å². The summed E-state index contributed by atoms with van der Waals surface area (Å²) < 4.78 is 3.15. The molecule has 3 rings (SSSR count). The van der Waals surface area contributed by atoms with Gasteiger partial charge in [-0.2, -0.15) is 0 Å². The number of aryl methyl sites for hydroxylation is 2. The molecular formula is C19H22ClN3OS. The summed E-state index contributed by atoms with van der Waals surface area (Å²) >= 11 is 7.69. The van der Waals surface area contributed by atoms with Gasteiger partial charge in [0.15, 0.2) is 5.13 Å². The second-order valence-corrected chi connectivity index (χ2v) is 7.93. The molecule has 25 heavy (non-hydrogen) atoms. The molecule has 0 bridgehead atoms. The number of fused-ring (bicyclic) bond motifs is 1. The van der Waals surface area contributed by atoms with Gasteiger partial charge in [0, 0.05) is 36.4 Å². The molecule has 4 nitrogen and oxygen atoms in total. The molecule has 0 aliphatic rings. The van der Waals surface area contributed by atoms with Crippen molar-refractivity contribution in [3.05, 3.63) is 47.2 Å². The number of carbonyl (C=O) groups is 1. The average molecular weight is 376 g/mol. The lowest BCUT2D eigenvalue weighted by Crippen LogP contribution is -2.35. The summed E-state index contributed by atoms with van der Waals surface area (Å²) in [6.45, 7) is 7.39. The van der Waals surface area contributed by atoms with Gasteiger partial charge in [0.1, 0.15) is 0 Å². The van der Waals surface area contributed by atoms with Crippen molar-refractivity contribution in [2.24, 2.45) is 5.92 Å². The van der Waals surface area contributed by atoms with Crippen LogP contribution in [-0.4, -0.2) is 22.0 Å². The molecule has 0 fully saturated rings. The van der Waals surface area contributed by atoms with Crippen LogP contribution in [0, 0.1) is 12.8 Å². The molecule has 0 radical (unpaired) electrons. The molecule has 1 aromatic carbocycles. The minimum atomic E-state index is -0.0664. The number of amides is 1. The largest absolute Gasteiger partial charge is 0.354 e. The van der Waals surface area contributed by atoms with Gasteiger partial charge in [-0.1, -0.05) is 36.8 Å². The number of aromatic nitrogens is 2. The molecule has 0 aliphatic heterocycles. The number of carbonyl (C=O) groups excluding carboxylic acids is 1. The highest BCUT2D eigenvalue weighted by molar-refractivity contribution is 7.22. The van der Waals surface area contributed by atoms with Crippen molar-refractivity contribution >= 4 is 44.2 Å². The molecule has 0 saturated heterocycles. The maximum atomic E-state index is 12.7. The Bertz CT molecular complexity index is 870. The first-order valence-corrected chi connectivity index (χ1v) is 9.64. The van der Waals surface area contributed by atoms with E-state index in [1.807, 2.05) is 62.3 Å². The molecule has 132 valence electrons. The van der Waals surface area contributed by atoms with Gasteiger partial charge in [-0.25, -0.2) is 4.98 Å². The normalized spacial score (nSPS) is 11.4. The first kappa shape index (κ1) is 18.0. The van der Waals surface area contributed by atoms with Gasteiger partial charge in [-0.15, -0.1) is 0 Å². The van der Waals surface area contributed by atoms with E-state index in [0.717, 1.165) is 33.9 Å². The summed E-state index contributed by atoms with van der Waals surface area (Å²) in [5.41, 5.74) is 1.96. The van der Waals surface area contributed by atoms with Crippen LogP contribution in [-0.2, 0) is 11.3 Å². The van der Waals surface area contributed by atoms with E-state index in [-0.39, 0.29) is 11.8 Å². The summed E-state index contributed by atoms with van der Waals surface area (Å²) in [6, 6.07) is 7.85. The third kappa shape index (κ3) is 4.05. The predicted molar refractivity (Wildman–Crippen MR) is 106 cm³/mol. The van der Waals surface area contributed by atoms with Gasteiger partial charge in [0.05, 0.1) is 10.2 Å². The van der Waals surface area contributed by atoms with E-state index in [4.69, 9.17) is 16.6 Å². The first-order chi connectivity index (χ1) is 12.0.